The number of hydrogen-bond acceptors (Lipinski definition) is 5. The summed E-state index contributed by atoms with van der Waals surface area (Å²) < 4.78 is 19.4. The Morgan fingerprint density at radius 1 is 1.33 bits per heavy atom. The number of rotatable bonds is 4. The first-order valence-corrected chi connectivity index (χ1v) is 7.96. The predicted molar refractivity (Wildman–Crippen MR) is 85.8 cm³/mol. The highest BCUT2D eigenvalue weighted by molar-refractivity contribution is 9.10. The zero-order valence-electron chi connectivity index (χ0n) is 11.1. The number of halogens is 2. The molecule has 0 amide bonds. The largest absolute Gasteiger partial charge is 0.438 e. The number of nitrogens with one attached hydrogen (secondary N) is 1. The Bertz CT molecular complexity index is 793. The third-order valence-corrected chi connectivity index (χ3v) is 4.14. The maximum absolute atomic E-state index is 13.3. The van der Waals surface area contributed by atoms with Crippen LogP contribution in [0.2, 0.25) is 0 Å². The first-order valence-electron chi connectivity index (χ1n) is 6.29. The molecule has 0 atom stereocenters. The van der Waals surface area contributed by atoms with Crippen molar-refractivity contribution < 1.29 is 9.13 Å². The molecule has 0 aliphatic carbocycles. The highest BCUT2D eigenvalue weighted by Crippen LogP contribution is 2.32. The van der Waals surface area contributed by atoms with E-state index in [-0.39, 0.29) is 5.82 Å². The molecule has 0 spiro atoms. The van der Waals surface area contributed by atoms with E-state index in [0.29, 0.717) is 22.1 Å². The van der Waals surface area contributed by atoms with Gasteiger partial charge in [-0.3, -0.25) is 0 Å². The number of hydrogen-bond donors (Lipinski definition) is 1. The molecule has 0 bridgehead atoms. The second-order valence-electron chi connectivity index (χ2n) is 4.20. The number of fused-ring (bicyclic) bond motifs is 1. The van der Waals surface area contributed by atoms with E-state index in [9.17, 15) is 4.39 Å². The van der Waals surface area contributed by atoms with Crippen molar-refractivity contribution in [1.29, 1.82) is 0 Å². The van der Waals surface area contributed by atoms with E-state index < -0.39 is 0 Å². The van der Waals surface area contributed by atoms with Crippen molar-refractivity contribution in [3.8, 4) is 11.6 Å². The lowest BCUT2D eigenvalue weighted by atomic mass is 10.3. The fourth-order valence-corrected chi connectivity index (χ4v) is 2.91. The molecule has 3 rings (SSSR count). The number of thiophene rings is 1. The fraction of sp³-hybridized carbons (Fsp3) is 0.143. The first kappa shape index (κ1) is 14.2. The average molecular weight is 368 g/mol. The highest BCUT2D eigenvalue weighted by Gasteiger charge is 2.11. The van der Waals surface area contributed by atoms with E-state index in [1.165, 1.54) is 17.4 Å². The summed E-state index contributed by atoms with van der Waals surface area (Å²) in [7, 11) is 0. The third kappa shape index (κ3) is 2.98. The van der Waals surface area contributed by atoms with E-state index >= 15 is 0 Å². The van der Waals surface area contributed by atoms with Gasteiger partial charge in [0.2, 0.25) is 11.8 Å². The molecular weight excluding hydrogens is 357 g/mol. The van der Waals surface area contributed by atoms with Gasteiger partial charge in [-0.15, -0.1) is 11.3 Å². The minimum atomic E-state index is -0.334. The minimum Gasteiger partial charge on any atom is -0.438 e. The second kappa shape index (κ2) is 5.95. The van der Waals surface area contributed by atoms with Crippen LogP contribution in [0.3, 0.4) is 0 Å². The van der Waals surface area contributed by atoms with Crippen molar-refractivity contribution in [2.45, 2.75) is 6.92 Å². The van der Waals surface area contributed by atoms with Gasteiger partial charge in [0.05, 0.1) is 9.86 Å². The summed E-state index contributed by atoms with van der Waals surface area (Å²) in [5, 5.41) is 5.84. The summed E-state index contributed by atoms with van der Waals surface area (Å²) in [6, 6.07) is 6.39. The Kier molecular flexibility index (Phi) is 4.03. The smallest absolute Gasteiger partial charge is 0.232 e. The van der Waals surface area contributed by atoms with Crippen molar-refractivity contribution in [2.24, 2.45) is 0 Å². The molecular formula is C14H11BrFN3OS. The number of anilines is 1. The fourth-order valence-electron chi connectivity index (χ4n) is 1.80. The van der Waals surface area contributed by atoms with Gasteiger partial charge in [-0.1, -0.05) is 0 Å². The van der Waals surface area contributed by atoms with Crippen molar-refractivity contribution >= 4 is 43.4 Å². The van der Waals surface area contributed by atoms with E-state index in [1.54, 1.807) is 12.1 Å². The molecule has 0 unspecified atom stereocenters. The standard InChI is InChI=1S/C14H11BrFN3OS/c1-2-17-14-18-12(9-5-6-21-13(9)19-14)20-8-3-4-11(16)10(15)7-8/h3-7H,2H2,1H3,(H,17,18,19). The lowest BCUT2D eigenvalue weighted by Crippen LogP contribution is -2.02. The van der Waals surface area contributed by atoms with Crippen LogP contribution in [0, 0.1) is 5.82 Å². The molecule has 108 valence electrons. The van der Waals surface area contributed by atoms with Gasteiger partial charge in [0.1, 0.15) is 16.4 Å². The Morgan fingerprint density at radius 3 is 2.95 bits per heavy atom. The van der Waals surface area contributed by atoms with Crippen LogP contribution in [-0.2, 0) is 0 Å². The average Bonchev–Trinajstić information content (AvgIpc) is 2.92. The van der Waals surface area contributed by atoms with Gasteiger partial charge in [-0.25, -0.2) is 9.37 Å². The SMILES string of the molecule is CCNc1nc(Oc2ccc(F)c(Br)c2)c2ccsc2n1. The molecule has 7 heteroatoms. The summed E-state index contributed by atoms with van der Waals surface area (Å²) in [5.74, 6) is 1.15. The normalized spacial score (nSPS) is 10.8. The van der Waals surface area contributed by atoms with Crippen molar-refractivity contribution in [3.63, 3.8) is 0 Å². The van der Waals surface area contributed by atoms with Crippen LogP contribution in [0.15, 0.2) is 34.1 Å². The van der Waals surface area contributed by atoms with Gasteiger partial charge in [-0.2, -0.15) is 4.98 Å². The van der Waals surface area contributed by atoms with Crippen LogP contribution in [0.1, 0.15) is 6.92 Å². The molecule has 2 heterocycles. The monoisotopic (exact) mass is 367 g/mol. The van der Waals surface area contributed by atoms with Crippen LogP contribution in [0.4, 0.5) is 10.3 Å². The van der Waals surface area contributed by atoms with Crippen LogP contribution in [0.5, 0.6) is 11.6 Å². The van der Waals surface area contributed by atoms with Crippen molar-refractivity contribution in [3.05, 3.63) is 39.9 Å². The van der Waals surface area contributed by atoms with E-state index in [0.717, 1.165) is 16.8 Å². The molecule has 0 aliphatic rings. The molecule has 0 saturated carbocycles. The van der Waals surface area contributed by atoms with Gasteiger partial charge in [0.15, 0.2) is 0 Å². The van der Waals surface area contributed by atoms with E-state index in [1.807, 2.05) is 18.4 Å². The van der Waals surface area contributed by atoms with Gasteiger partial charge < -0.3 is 10.1 Å². The first-order chi connectivity index (χ1) is 10.2. The zero-order chi connectivity index (χ0) is 14.8. The molecule has 4 nitrogen and oxygen atoms in total. The molecule has 21 heavy (non-hydrogen) atoms. The number of nitrogens with zero attached hydrogens (tertiary/aromatic N) is 2. The molecule has 0 saturated heterocycles. The maximum Gasteiger partial charge on any atom is 0.232 e. The van der Waals surface area contributed by atoms with Gasteiger partial charge in [-0.05, 0) is 52.5 Å². The molecule has 3 aromatic rings. The third-order valence-electron chi connectivity index (χ3n) is 2.73. The summed E-state index contributed by atoms with van der Waals surface area (Å²) in [6.07, 6.45) is 0. The summed E-state index contributed by atoms with van der Waals surface area (Å²) in [4.78, 5) is 9.61. The van der Waals surface area contributed by atoms with Gasteiger partial charge in [0, 0.05) is 6.54 Å². The van der Waals surface area contributed by atoms with Crippen LogP contribution >= 0.6 is 27.3 Å². The number of aromatic nitrogens is 2. The highest BCUT2D eigenvalue weighted by atomic mass is 79.9. The van der Waals surface area contributed by atoms with Gasteiger partial charge in [0.25, 0.3) is 0 Å². The Morgan fingerprint density at radius 2 is 2.19 bits per heavy atom. The molecule has 0 aliphatic heterocycles. The van der Waals surface area contributed by atoms with E-state index in [2.05, 4.69) is 31.2 Å². The number of ether oxygens (including phenoxy) is 1. The predicted octanol–water partition coefficient (Wildman–Crippen LogP) is 4.82. The minimum absolute atomic E-state index is 0.334. The lowest BCUT2D eigenvalue weighted by Gasteiger charge is -2.09. The Hall–Kier alpha value is -1.73. The van der Waals surface area contributed by atoms with Crippen LogP contribution < -0.4 is 10.1 Å². The van der Waals surface area contributed by atoms with Crippen molar-refractivity contribution in [2.75, 3.05) is 11.9 Å². The van der Waals surface area contributed by atoms with Crippen LogP contribution in [0.25, 0.3) is 10.2 Å². The quantitative estimate of drug-likeness (QED) is 0.718. The summed E-state index contributed by atoms with van der Waals surface area (Å²) in [5.41, 5.74) is 0. The second-order valence-corrected chi connectivity index (χ2v) is 5.95. The lowest BCUT2D eigenvalue weighted by molar-refractivity contribution is 0.466. The Labute approximate surface area is 133 Å². The molecule has 0 radical (unpaired) electrons. The zero-order valence-corrected chi connectivity index (χ0v) is 13.5. The van der Waals surface area contributed by atoms with Crippen molar-refractivity contribution in [1.82, 2.24) is 9.97 Å². The molecule has 1 aromatic carbocycles. The molecule has 2 aromatic heterocycles. The summed E-state index contributed by atoms with van der Waals surface area (Å²) >= 11 is 4.66. The maximum atomic E-state index is 13.3. The Balaban J connectivity index is 2.01. The van der Waals surface area contributed by atoms with Gasteiger partial charge >= 0.3 is 0 Å². The topological polar surface area (TPSA) is 47.0 Å². The van der Waals surface area contributed by atoms with E-state index in [4.69, 9.17) is 4.74 Å². The summed E-state index contributed by atoms with van der Waals surface area (Å²) in [6.45, 7) is 2.69. The number of benzene rings is 1. The molecule has 1 N–H and O–H groups in total. The van der Waals surface area contributed by atoms with Crippen LogP contribution in [-0.4, -0.2) is 16.5 Å². The molecule has 0 fully saturated rings.